The fraction of sp³-hybridized carbons (Fsp3) is 0.600. The highest BCUT2D eigenvalue weighted by atomic mass is 16.7. The molecule has 0 aromatic carbocycles. The lowest BCUT2D eigenvalue weighted by molar-refractivity contribution is -0.00847. The van der Waals surface area contributed by atoms with E-state index in [4.69, 9.17) is 19.3 Å². The van der Waals surface area contributed by atoms with E-state index in [1.165, 1.54) is 0 Å². The summed E-state index contributed by atoms with van der Waals surface area (Å²) < 4.78 is 15.6. The molecule has 1 N–H and O–H groups in total. The Bertz CT molecular complexity index is 216. The molecule has 0 amide bonds. The number of hydrogen-bond donors (Lipinski definition) is 1. The summed E-state index contributed by atoms with van der Waals surface area (Å²) in [6, 6.07) is 0. The molecule has 1 fully saturated rings. The van der Waals surface area contributed by atoms with E-state index in [1.807, 2.05) is 6.92 Å². The van der Waals surface area contributed by atoms with Gasteiger partial charge in [0.1, 0.15) is 12.4 Å². The molecule has 1 aliphatic heterocycles. The van der Waals surface area contributed by atoms with Crippen LogP contribution in [-0.4, -0.2) is 37.8 Å². The summed E-state index contributed by atoms with van der Waals surface area (Å²) in [5.74, 6) is 0.483. The van der Waals surface area contributed by atoms with Crippen molar-refractivity contribution in [2.24, 2.45) is 0 Å². The van der Waals surface area contributed by atoms with Crippen LogP contribution < -0.4 is 0 Å². The van der Waals surface area contributed by atoms with Gasteiger partial charge in [-0.05, 0) is 13.0 Å². The first-order valence-corrected chi connectivity index (χ1v) is 4.64. The topological polar surface area (TPSA) is 47.9 Å². The molecule has 0 unspecified atom stereocenters. The van der Waals surface area contributed by atoms with Crippen molar-refractivity contribution in [3.8, 4) is 0 Å². The van der Waals surface area contributed by atoms with Crippen molar-refractivity contribution in [2.75, 3.05) is 26.4 Å². The van der Waals surface area contributed by atoms with Crippen LogP contribution in [0, 0.1) is 0 Å². The summed E-state index contributed by atoms with van der Waals surface area (Å²) in [5, 5.41) is 8.93. The minimum absolute atomic E-state index is 0.139. The predicted octanol–water partition coefficient (Wildman–Crippen LogP) is 0.828. The van der Waals surface area contributed by atoms with E-state index < -0.39 is 6.29 Å². The van der Waals surface area contributed by atoms with Crippen molar-refractivity contribution in [1.29, 1.82) is 0 Å². The van der Waals surface area contributed by atoms with Gasteiger partial charge in [0.05, 0.1) is 19.8 Å². The maximum atomic E-state index is 8.93. The van der Waals surface area contributed by atoms with Gasteiger partial charge < -0.3 is 19.3 Å². The normalized spacial score (nSPS) is 18.6. The fourth-order valence-corrected chi connectivity index (χ4v) is 1.17. The van der Waals surface area contributed by atoms with Gasteiger partial charge >= 0.3 is 0 Å². The molecule has 1 aliphatic rings. The van der Waals surface area contributed by atoms with Crippen LogP contribution in [0.15, 0.2) is 24.0 Å². The van der Waals surface area contributed by atoms with E-state index in [2.05, 4.69) is 6.58 Å². The summed E-state index contributed by atoms with van der Waals surface area (Å²) in [6.07, 6.45) is 1.26. The summed E-state index contributed by atoms with van der Waals surface area (Å²) in [4.78, 5) is 0. The second kappa shape index (κ2) is 5.80. The van der Waals surface area contributed by atoms with Crippen molar-refractivity contribution in [3.63, 3.8) is 0 Å². The highest BCUT2D eigenvalue weighted by Crippen LogP contribution is 2.15. The molecule has 14 heavy (non-hydrogen) atoms. The lowest BCUT2D eigenvalue weighted by Crippen LogP contribution is -2.10. The minimum atomic E-state index is -0.392. The van der Waals surface area contributed by atoms with Gasteiger partial charge in [0.15, 0.2) is 6.29 Å². The van der Waals surface area contributed by atoms with E-state index in [-0.39, 0.29) is 6.61 Å². The molecular weight excluding hydrogens is 184 g/mol. The third-order valence-electron chi connectivity index (χ3n) is 1.76. The number of rotatable bonds is 5. The van der Waals surface area contributed by atoms with Crippen LogP contribution in [0.3, 0.4) is 0 Å². The van der Waals surface area contributed by atoms with Crippen LogP contribution in [0.1, 0.15) is 6.92 Å². The van der Waals surface area contributed by atoms with Crippen molar-refractivity contribution in [2.45, 2.75) is 13.2 Å². The Morgan fingerprint density at radius 2 is 2.21 bits per heavy atom. The Morgan fingerprint density at radius 1 is 1.57 bits per heavy atom. The molecular formula is C10H16O4. The molecule has 0 saturated carbocycles. The van der Waals surface area contributed by atoms with Crippen LogP contribution in [0.2, 0.25) is 0 Å². The van der Waals surface area contributed by atoms with E-state index in [0.717, 1.165) is 0 Å². The first kappa shape index (κ1) is 11.2. The third kappa shape index (κ3) is 3.14. The van der Waals surface area contributed by atoms with Crippen LogP contribution in [0.5, 0.6) is 0 Å². The quantitative estimate of drug-likeness (QED) is 0.527. The van der Waals surface area contributed by atoms with Gasteiger partial charge in [0.25, 0.3) is 0 Å². The average Bonchev–Trinajstić information content (AvgIpc) is 2.69. The van der Waals surface area contributed by atoms with Gasteiger partial charge in [-0.25, -0.2) is 0 Å². The van der Waals surface area contributed by atoms with Crippen molar-refractivity contribution < 1.29 is 19.3 Å². The largest absolute Gasteiger partial charge is 0.496 e. The van der Waals surface area contributed by atoms with E-state index in [1.54, 1.807) is 6.08 Å². The van der Waals surface area contributed by atoms with Gasteiger partial charge in [0, 0.05) is 5.57 Å². The molecule has 0 radical (unpaired) electrons. The van der Waals surface area contributed by atoms with Crippen LogP contribution in [0.25, 0.3) is 0 Å². The maximum Gasteiger partial charge on any atom is 0.183 e. The molecule has 4 heteroatoms. The van der Waals surface area contributed by atoms with Gasteiger partial charge in [-0.15, -0.1) is 0 Å². The Hall–Kier alpha value is -0.840. The van der Waals surface area contributed by atoms with Crippen molar-refractivity contribution >= 4 is 0 Å². The van der Waals surface area contributed by atoms with Crippen molar-refractivity contribution in [1.82, 2.24) is 0 Å². The first-order chi connectivity index (χ1) is 6.77. The minimum Gasteiger partial charge on any atom is -0.496 e. The molecule has 4 nitrogen and oxygen atoms in total. The summed E-state index contributed by atoms with van der Waals surface area (Å²) in [7, 11) is 0. The van der Waals surface area contributed by atoms with Crippen molar-refractivity contribution in [3.05, 3.63) is 24.0 Å². The second-order valence-electron chi connectivity index (χ2n) is 2.85. The summed E-state index contributed by atoms with van der Waals surface area (Å²) >= 11 is 0. The molecule has 0 spiro atoms. The zero-order valence-corrected chi connectivity index (χ0v) is 8.36. The average molecular weight is 200 g/mol. The lowest BCUT2D eigenvalue weighted by atomic mass is 10.2. The SMILES string of the molecule is C=C(/C=C(/CO)OCC)C1OCCO1. The molecule has 80 valence electrons. The Kier molecular flexibility index (Phi) is 4.65. The fourth-order valence-electron chi connectivity index (χ4n) is 1.17. The smallest absolute Gasteiger partial charge is 0.183 e. The van der Waals surface area contributed by atoms with Gasteiger partial charge in [-0.3, -0.25) is 0 Å². The Labute approximate surface area is 83.8 Å². The van der Waals surface area contributed by atoms with E-state index >= 15 is 0 Å². The Balaban J connectivity index is 2.49. The molecule has 0 aromatic rings. The molecule has 0 bridgehead atoms. The van der Waals surface area contributed by atoms with Crippen LogP contribution in [0.4, 0.5) is 0 Å². The number of hydrogen-bond acceptors (Lipinski definition) is 4. The standard InChI is InChI=1S/C10H16O4/c1-3-12-9(7-11)6-8(2)10-13-4-5-14-10/h6,10-11H,2-5,7H2,1H3/b9-6-. The second-order valence-corrected chi connectivity index (χ2v) is 2.85. The van der Waals surface area contributed by atoms with Gasteiger partial charge in [-0.2, -0.15) is 0 Å². The molecule has 0 atom stereocenters. The zero-order chi connectivity index (χ0) is 10.4. The summed E-state index contributed by atoms with van der Waals surface area (Å²) in [6.45, 7) is 7.19. The highest BCUT2D eigenvalue weighted by Gasteiger charge is 2.18. The molecule has 1 saturated heterocycles. The summed E-state index contributed by atoms with van der Waals surface area (Å²) in [5.41, 5.74) is 0.667. The van der Waals surface area contributed by atoms with Crippen LogP contribution in [-0.2, 0) is 14.2 Å². The van der Waals surface area contributed by atoms with Gasteiger partial charge in [0.2, 0.25) is 0 Å². The lowest BCUT2D eigenvalue weighted by Gasteiger charge is -2.11. The molecule has 0 aromatic heterocycles. The highest BCUT2D eigenvalue weighted by molar-refractivity contribution is 5.20. The monoisotopic (exact) mass is 200 g/mol. The molecule has 1 rings (SSSR count). The number of aliphatic hydroxyl groups excluding tert-OH is 1. The predicted molar refractivity (Wildman–Crippen MR) is 51.6 cm³/mol. The maximum absolute atomic E-state index is 8.93. The molecule has 0 aliphatic carbocycles. The number of ether oxygens (including phenoxy) is 3. The van der Waals surface area contributed by atoms with Crippen LogP contribution >= 0.6 is 0 Å². The molecule has 1 heterocycles. The van der Waals surface area contributed by atoms with Gasteiger partial charge in [-0.1, -0.05) is 6.58 Å². The number of aliphatic hydroxyl groups is 1. The third-order valence-corrected chi connectivity index (χ3v) is 1.76. The van der Waals surface area contributed by atoms with E-state index in [9.17, 15) is 0 Å². The Morgan fingerprint density at radius 3 is 2.71 bits per heavy atom. The first-order valence-electron chi connectivity index (χ1n) is 4.64. The zero-order valence-electron chi connectivity index (χ0n) is 8.36. The van der Waals surface area contributed by atoms with E-state index in [0.29, 0.717) is 31.2 Å².